The fourth-order valence-electron chi connectivity index (χ4n) is 6.39. The zero-order chi connectivity index (χ0) is 26.5. The first-order valence-corrected chi connectivity index (χ1v) is 14.2. The van der Waals surface area contributed by atoms with Gasteiger partial charge < -0.3 is 19.8 Å². The van der Waals surface area contributed by atoms with Gasteiger partial charge in [-0.05, 0) is 93.9 Å². The Bertz CT molecular complexity index is 1070. The monoisotopic (exact) mass is 527 g/mol. The van der Waals surface area contributed by atoms with Crippen molar-refractivity contribution in [3.05, 3.63) is 69.7 Å². The molecule has 1 heterocycles. The number of ether oxygens (including phenoxy) is 1. The van der Waals surface area contributed by atoms with Crippen molar-refractivity contribution in [1.82, 2.24) is 4.90 Å². The summed E-state index contributed by atoms with van der Waals surface area (Å²) in [5.41, 5.74) is 1.76. The minimum absolute atomic E-state index is 0.146. The van der Waals surface area contributed by atoms with Crippen LogP contribution in [0.15, 0.2) is 42.5 Å². The van der Waals surface area contributed by atoms with Crippen molar-refractivity contribution in [1.29, 1.82) is 0 Å². The molecule has 0 bridgehead atoms. The number of likely N-dealkylation sites (tertiary alicyclic amines) is 1. The molecule has 1 saturated carbocycles. The van der Waals surface area contributed by atoms with Crippen LogP contribution in [0.3, 0.4) is 0 Å². The van der Waals surface area contributed by atoms with E-state index < -0.39 is 11.2 Å². The Hall–Kier alpha value is -1.92. The molecular formula is C31H42ClNO4. The highest BCUT2D eigenvalue weighted by Gasteiger charge is 2.46. The zero-order valence-electron chi connectivity index (χ0n) is 22.3. The maximum atomic E-state index is 13.4. The lowest BCUT2D eigenvalue weighted by Gasteiger charge is -2.45. The maximum Gasteiger partial charge on any atom is 0.254 e. The second-order valence-corrected chi connectivity index (χ2v) is 11.5. The SMILES string of the molecule is COCCCCC(O)(c1cccc(Cl)c1Cc1cccc(C)c1)[C@@H]1CCCN(C(=O)C2(O)CCCC2)C1. The summed E-state index contributed by atoms with van der Waals surface area (Å²) in [6, 6.07) is 14.2. The number of aliphatic hydroxyl groups is 2. The van der Waals surface area contributed by atoms with E-state index in [0.29, 0.717) is 50.4 Å². The summed E-state index contributed by atoms with van der Waals surface area (Å²) < 4.78 is 5.27. The number of hydrogen-bond donors (Lipinski definition) is 2. The molecule has 0 spiro atoms. The molecule has 2 fully saturated rings. The number of hydrogen-bond acceptors (Lipinski definition) is 4. The van der Waals surface area contributed by atoms with Crippen molar-refractivity contribution in [2.45, 2.75) is 82.3 Å². The lowest BCUT2D eigenvalue weighted by Crippen LogP contribution is -2.54. The van der Waals surface area contributed by atoms with Crippen LogP contribution in [-0.2, 0) is 21.6 Å². The molecule has 2 aromatic rings. The van der Waals surface area contributed by atoms with E-state index in [1.54, 1.807) is 7.11 Å². The van der Waals surface area contributed by atoms with Crippen molar-refractivity contribution < 1.29 is 19.7 Å². The largest absolute Gasteiger partial charge is 0.385 e. The number of methoxy groups -OCH3 is 1. The molecule has 1 aliphatic carbocycles. The number of amides is 1. The van der Waals surface area contributed by atoms with Gasteiger partial charge in [0.05, 0.1) is 5.60 Å². The first kappa shape index (κ1) is 28.1. The van der Waals surface area contributed by atoms with Gasteiger partial charge >= 0.3 is 0 Å². The van der Waals surface area contributed by atoms with Crippen molar-refractivity contribution in [2.75, 3.05) is 26.8 Å². The number of carbonyl (C=O) groups excluding carboxylic acids is 1. The van der Waals surface area contributed by atoms with Gasteiger partial charge in [0.1, 0.15) is 5.60 Å². The summed E-state index contributed by atoms with van der Waals surface area (Å²) >= 11 is 6.80. The number of aryl methyl sites for hydroxylation is 1. The van der Waals surface area contributed by atoms with E-state index in [1.807, 2.05) is 23.1 Å². The van der Waals surface area contributed by atoms with Gasteiger partial charge in [-0.25, -0.2) is 0 Å². The minimum Gasteiger partial charge on any atom is -0.385 e. The van der Waals surface area contributed by atoms with Gasteiger partial charge in [0.2, 0.25) is 0 Å². The first-order chi connectivity index (χ1) is 17.8. The van der Waals surface area contributed by atoms with Gasteiger partial charge in [-0.3, -0.25) is 4.79 Å². The molecule has 2 aromatic carbocycles. The van der Waals surface area contributed by atoms with E-state index in [-0.39, 0.29) is 11.8 Å². The smallest absolute Gasteiger partial charge is 0.254 e. The molecular weight excluding hydrogens is 486 g/mol. The number of piperidine rings is 1. The minimum atomic E-state index is -1.25. The van der Waals surface area contributed by atoms with E-state index in [1.165, 1.54) is 5.56 Å². The Morgan fingerprint density at radius 3 is 2.65 bits per heavy atom. The lowest BCUT2D eigenvalue weighted by atomic mass is 9.72. The second-order valence-electron chi connectivity index (χ2n) is 11.1. The average Bonchev–Trinajstić information content (AvgIpc) is 3.35. The van der Waals surface area contributed by atoms with E-state index in [9.17, 15) is 15.0 Å². The molecule has 1 unspecified atom stereocenters. The Morgan fingerprint density at radius 2 is 1.92 bits per heavy atom. The summed E-state index contributed by atoms with van der Waals surface area (Å²) in [4.78, 5) is 15.2. The number of benzene rings is 2. The highest BCUT2D eigenvalue weighted by molar-refractivity contribution is 6.31. The van der Waals surface area contributed by atoms with E-state index in [0.717, 1.165) is 55.2 Å². The van der Waals surface area contributed by atoms with Gasteiger partial charge in [0, 0.05) is 37.7 Å². The van der Waals surface area contributed by atoms with Crippen LogP contribution in [0.1, 0.15) is 80.0 Å². The molecule has 202 valence electrons. The molecule has 6 heteroatoms. The lowest BCUT2D eigenvalue weighted by molar-refractivity contribution is -0.155. The highest BCUT2D eigenvalue weighted by atomic mass is 35.5. The molecule has 0 aromatic heterocycles. The Morgan fingerprint density at radius 1 is 1.16 bits per heavy atom. The summed E-state index contributed by atoms with van der Waals surface area (Å²) in [5.74, 6) is -0.310. The normalized spacial score (nSPS) is 21.1. The van der Waals surface area contributed by atoms with E-state index >= 15 is 0 Å². The van der Waals surface area contributed by atoms with Gasteiger partial charge in [0.15, 0.2) is 0 Å². The van der Waals surface area contributed by atoms with Crippen molar-refractivity contribution in [3.63, 3.8) is 0 Å². The van der Waals surface area contributed by atoms with Gasteiger partial charge in [-0.2, -0.15) is 0 Å². The molecule has 4 rings (SSSR count). The second kappa shape index (κ2) is 12.3. The molecule has 2 atom stereocenters. The van der Waals surface area contributed by atoms with Crippen LogP contribution < -0.4 is 0 Å². The third-order valence-electron chi connectivity index (χ3n) is 8.42. The third kappa shape index (κ3) is 6.39. The number of unbranched alkanes of at least 4 members (excludes halogenated alkanes) is 1. The van der Waals surface area contributed by atoms with E-state index in [4.69, 9.17) is 16.3 Å². The number of carbonyl (C=O) groups is 1. The summed E-state index contributed by atoms with van der Waals surface area (Å²) in [5, 5.41) is 24.2. The quantitative estimate of drug-likeness (QED) is 0.384. The summed E-state index contributed by atoms with van der Waals surface area (Å²) in [7, 11) is 1.70. The Labute approximate surface area is 226 Å². The van der Waals surface area contributed by atoms with Crippen molar-refractivity contribution >= 4 is 17.5 Å². The summed E-state index contributed by atoms with van der Waals surface area (Å²) in [6.07, 6.45) is 7.30. The number of halogens is 1. The van der Waals surface area contributed by atoms with Crippen LogP contribution >= 0.6 is 11.6 Å². The number of rotatable bonds is 10. The topological polar surface area (TPSA) is 70.0 Å². The summed E-state index contributed by atoms with van der Waals surface area (Å²) in [6.45, 7) is 3.79. The van der Waals surface area contributed by atoms with Gasteiger partial charge in [-0.1, -0.05) is 53.6 Å². The Kier molecular flexibility index (Phi) is 9.33. The standard InChI is InChI=1S/C31H42ClNO4/c1-23-10-7-11-24(20-23)21-26-27(13-8-14-28(26)32)31(36,17-5-6-19-37-2)25-12-9-18-33(22-25)29(34)30(35)15-3-4-16-30/h7-8,10-11,13-14,20,25,35-36H,3-6,9,12,15-19,21-22H2,1-2H3/t25-,31?/m1/s1. The van der Waals surface area contributed by atoms with Gasteiger partial charge in [-0.15, -0.1) is 0 Å². The van der Waals surface area contributed by atoms with Crippen LogP contribution in [0, 0.1) is 12.8 Å². The van der Waals surface area contributed by atoms with Crippen LogP contribution in [0.5, 0.6) is 0 Å². The van der Waals surface area contributed by atoms with Gasteiger partial charge in [0.25, 0.3) is 5.91 Å². The van der Waals surface area contributed by atoms with Crippen molar-refractivity contribution in [3.8, 4) is 0 Å². The average molecular weight is 528 g/mol. The molecule has 2 N–H and O–H groups in total. The van der Waals surface area contributed by atoms with Crippen LogP contribution in [0.25, 0.3) is 0 Å². The highest BCUT2D eigenvalue weighted by Crippen LogP contribution is 2.44. The Balaban J connectivity index is 1.67. The molecule has 37 heavy (non-hydrogen) atoms. The molecule has 0 radical (unpaired) electrons. The third-order valence-corrected chi connectivity index (χ3v) is 8.77. The fourth-order valence-corrected chi connectivity index (χ4v) is 6.63. The molecule has 1 saturated heterocycles. The molecule has 2 aliphatic rings. The molecule has 1 aliphatic heterocycles. The van der Waals surface area contributed by atoms with Crippen LogP contribution in [0.2, 0.25) is 5.02 Å². The molecule has 1 amide bonds. The van der Waals surface area contributed by atoms with Crippen LogP contribution in [0.4, 0.5) is 0 Å². The number of nitrogens with zero attached hydrogens (tertiary/aromatic N) is 1. The van der Waals surface area contributed by atoms with E-state index in [2.05, 4.69) is 31.2 Å². The predicted molar refractivity (Wildman–Crippen MR) is 148 cm³/mol. The fraction of sp³-hybridized carbons (Fsp3) is 0.581. The predicted octanol–water partition coefficient (Wildman–Crippen LogP) is 5.79. The first-order valence-electron chi connectivity index (χ1n) is 13.8. The zero-order valence-corrected chi connectivity index (χ0v) is 23.1. The van der Waals surface area contributed by atoms with Crippen LogP contribution in [-0.4, -0.2) is 53.4 Å². The maximum absolute atomic E-state index is 13.4. The molecule has 5 nitrogen and oxygen atoms in total. The van der Waals surface area contributed by atoms with Crippen molar-refractivity contribution in [2.24, 2.45) is 5.92 Å².